The van der Waals surface area contributed by atoms with Gasteiger partial charge in [0.15, 0.2) is 0 Å². The number of nitrogens with zero attached hydrogens (tertiary/aromatic N) is 2. The van der Waals surface area contributed by atoms with Crippen LogP contribution in [-0.2, 0) is 13.1 Å². The Balaban J connectivity index is 2.71. The second kappa shape index (κ2) is 6.61. The monoisotopic (exact) mass is 221 g/mol. The zero-order chi connectivity index (χ0) is 12.0. The van der Waals surface area contributed by atoms with Crippen molar-refractivity contribution in [3.05, 3.63) is 29.6 Å². The fourth-order valence-electron chi connectivity index (χ4n) is 2.11. The maximum atomic E-state index is 5.69. The average molecular weight is 221 g/mol. The lowest BCUT2D eigenvalue weighted by Gasteiger charge is -2.26. The van der Waals surface area contributed by atoms with Crippen molar-refractivity contribution in [2.24, 2.45) is 5.73 Å². The van der Waals surface area contributed by atoms with Crippen molar-refractivity contribution in [2.75, 3.05) is 7.05 Å². The summed E-state index contributed by atoms with van der Waals surface area (Å²) in [7, 11) is 2.17. The molecule has 2 N–H and O–H groups in total. The first-order chi connectivity index (χ1) is 7.72. The molecule has 0 saturated carbocycles. The van der Waals surface area contributed by atoms with Crippen LogP contribution in [0, 0.1) is 0 Å². The molecule has 0 aliphatic heterocycles. The summed E-state index contributed by atoms with van der Waals surface area (Å²) < 4.78 is 0. The van der Waals surface area contributed by atoms with Gasteiger partial charge in [0.2, 0.25) is 0 Å². The number of pyridine rings is 1. The van der Waals surface area contributed by atoms with E-state index in [0.29, 0.717) is 12.6 Å². The summed E-state index contributed by atoms with van der Waals surface area (Å²) in [5.74, 6) is 0. The first-order valence-corrected chi connectivity index (χ1v) is 6.05. The van der Waals surface area contributed by atoms with Gasteiger partial charge in [-0.2, -0.15) is 0 Å². The van der Waals surface area contributed by atoms with Crippen molar-refractivity contribution in [3.8, 4) is 0 Å². The van der Waals surface area contributed by atoms with Gasteiger partial charge in [0.05, 0.1) is 5.69 Å². The number of hydrogen-bond acceptors (Lipinski definition) is 3. The van der Waals surface area contributed by atoms with Gasteiger partial charge < -0.3 is 5.73 Å². The van der Waals surface area contributed by atoms with Crippen LogP contribution in [0.2, 0.25) is 0 Å². The third-order valence-corrected chi connectivity index (χ3v) is 3.16. The summed E-state index contributed by atoms with van der Waals surface area (Å²) in [4.78, 5) is 6.69. The zero-order valence-electron chi connectivity index (χ0n) is 10.6. The summed E-state index contributed by atoms with van der Waals surface area (Å²) in [5, 5.41) is 0. The molecule has 0 bridgehead atoms. The molecule has 90 valence electrons. The number of aromatic nitrogens is 1. The van der Waals surface area contributed by atoms with E-state index in [1.807, 2.05) is 12.3 Å². The van der Waals surface area contributed by atoms with E-state index < -0.39 is 0 Å². The molecular weight excluding hydrogens is 198 g/mol. The Morgan fingerprint density at radius 3 is 2.62 bits per heavy atom. The van der Waals surface area contributed by atoms with E-state index in [2.05, 4.69) is 36.8 Å². The van der Waals surface area contributed by atoms with Crippen LogP contribution < -0.4 is 5.73 Å². The standard InChI is InChI=1S/C13H23N3/c1-4-12(5-2)16(3)10-11-7-6-8-15-13(11)9-14/h6-8,12H,4-5,9-10,14H2,1-3H3. The molecule has 1 aromatic rings. The van der Waals surface area contributed by atoms with E-state index in [4.69, 9.17) is 5.73 Å². The second-order valence-corrected chi connectivity index (χ2v) is 4.20. The van der Waals surface area contributed by atoms with Crippen LogP contribution in [0.4, 0.5) is 0 Å². The smallest absolute Gasteiger partial charge is 0.0584 e. The number of rotatable bonds is 6. The summed E-state index contributed by atoms with van der Waals surface area (Å²) in [6.45, 7) is 5.93. The molecule has 0 fully saturated rings. The molecule has 3 nitrogen and oxygen atoms in total. The molecule has 1 rings (SSSR count). The summed E-state index contributed by atoms with van der Waals surface area (Å²) in [5.41, 5.74) is 7.95. The van der Waals surface area contributed by atoms with Gasteiger partial charge in [-0.1, -0.05) is 19.9 Å². The average Bonchev–Trinajstić information content (AvgIpc) is 2.31. The third kappa shape index (κ3) is 3.29. The van der Waals surface area contributed by atoms with Crippen molar-refractivity contribution in [1.82, 2.24) is 9.88 Å². The molecular formula is C13H23N3. The summed E-state index contributed by atoms with van der Waals surface area (Å²) in [6, 6.07) is 4.74. The van der Waals surface area contributed by atoms with Crippen molar-refractivity contribution >= 4 is 0 Å². The highest BCUT2D eigenvalue weighted by Gasteiger charge is 2.12. The highest BCUT2D eigenvalue weighted by molar-refractivity contribution is 5.19. The van der Waals surface area contributed by atoms with Gasteiger partial charge >= 0.3 is 0 Å². The van der Waals surface area contributed by atoms with Gasteiger partial charge in [0.1, 0.15) is 0 Å². The third-order valence-electron chi connectivity index (χ3n) is 3.16. The van der Waals surface area contributed by atoms with Crippen molar-refractivity contribution in [3.63, 3.8) is 0 Å². The quantitative estimate of drug-likeness (QED) is 0.800. The Bertz CT molecular complexity index is 308. The lowest BCUT2D eigenvalue weighted by molar-refractivity contribution is 0.221. The highest BCUT2D eigenvalue weighted by atomic mass is 15.1. The maximum Gasteiger partial charge on any atom is 0.0584 e. The van der Waals surface area contributed by atoms with Gasteiger partial charge in [-0.3, -0.25) is 9.88 Å². The normalized spacial score (nSPS) is 11.4. The fraction of sp³-hybridized carbons (Fsp3) is 0.615. The minimum atomic E-state index is 0.521. The van der Waals surface area contributed by atoms with Gasteiger partial charge in [0, 0.05) is 25.3 Å². The highest BCUT2D eigenvalue weighted by Crippen LogP contribution is 2.13. The summed E-state index contributed by atoms with van der Waals surface area (Å²) >= 11 is 0. The molecule has 0 spiro atoms. The Hall–Kier alpha value is -0.930. The zero-order valence-corrected chi connectivity index (χ0v) is 10.6. The van der Waals surface area contributed by atoms with E-state index >= 15 is 0 Å². The van der Waals surface area contributed by atoms with Crippen LogP contribution in [0.5, 0.6) is 0 Å². The molecule has 3 heteroatoms. The van der Waals surface area contributed by atoms with Crippen molar-refractivity contribution in [1.29, 1.82) is 0 Å². The maximum absolute atomic E-state index is 5.69. The molecule has 0 unspecified atom stereocenters. The molecule has 0 amide bonds. The molecule has 0 aromatic carbocycles. The van der Waals surface area contributed by atoms with Gasteiger partial charge in [-0.15, -0.1) is 0 Å². The molecule has 1 aromatic heterocycles. The van der Waals surface area contributed by atoms with E-state index in [-0.39, 0.29) is 0 Å². The van der Waals surface area contributed by atoms with Crippen LogP contribution in [-0.4, -0.2) is 23.0 Å². The first-order valence-electron chi connectivity index (χ1n) is 6.05. The van der Waals surface area contributed by atoms with Gasteiger partial charge in [0.25, 0.3) is 0 Å². The van der Waals surface area contributed by atoms with Crippen molar-refractivity contribution in [2.45, 2.75) is 45.8 Å². The van der Waals surface area contributed by atoms with E-state index in [9.17, 15) is 0 Å². The molecule has 0 saturated heterocycles. The van der Waals surface area contributed by atoms with E-state index in [1.54, 1.807) is 0 Å². The molecule has 0 aliphatic rings. The second-order valence-electron chi connectivity index (χ2n) is 4.20. The minimum absolute atomic E-state index is 0.521. The topological polar surface area (TPSA) is 42.2 Å². The summed E-state index contributed by atoms with van der Waals surface area (Å²) in [6.07, 6.45) is 4.18. The SMILES string of the molecule is CCC(CC)N(C)Cc1cccnc1CN. The van der Waals surface area contributed by atoms with Crippen molar-refractivity contribution < 1.29 is 0 Å². The number of nitrogens with two attached hydrogens (primary N) is 1. The molecule has 0 aliphatic carbocycles. The van der Waals surface area contributed by atoms with E-state index in [1.165, 1.54) is 18.4 Å². The Labute approximate surface area is 98.7 Å². The molecule has 1 heterocycles. The molecule has 0 radical (unpaired) electrons. The Morgan fingerprint density at radius 1 is 1.38 bits per heavy atom. The first kappa shape index (κ1) is 13.1. The minimum Gasteiger partial charge on any atom is -0.325 e. The van der Waals surface area contributed by atoms with Crippen LogP contribution in [0.15, 0.2) is 18.3 Å². The molecule has 0 atom stereocenters. The Kier molecular flexibility index (Phi) is 5.43. The van der Waals surface area contributed by atoms with E-state index in [0.717, 1.165) is 12.2 Å². The van der Waals surface area contributed by atoms with Crippen LogP contribution >= 0.6 is 0 Å². The predicted molar refractivity (Wildman–Crippen MR) is 68.0 cm³/mol. The number of hydrogen-bond donors (Lipinski definition) is 1. The van der Waals surface area contributed by atoms with Gasteiger partial charge in [-0.25, -0.2) is 0 Å². The predicted octanol–water partition coefficient (Wildman–Crippen LogP) is 2.16. The lowest BCUT2D eigenvalue weighted by Crippen LogP contribution is -2.30. The Morgan fingerprint density at radius 2 is 2.06 bits per heavy atom. The van der Waals surface area contributed by atoms with Gasteiger partial charge in [-0.05, 0) is 31.5 Å². The van der Waals surface area contributed by atoms with Crippen LogP contribution in [0.1, 0.15) is 37.9 Å². The largest absolute Gasteiger partial charge is 0.325 e. The fourth-order valence-corrected chi connectivity index (χ4v) is 2.11. The molecule has 16 heavy (non-hydrogen) atoms. The van der Waals surface area contributed by atoms with Crippen LogP contribution in [0.3, 0.4) is 0 Å². The lowest BCUT2D eigenvalue weighted by atomic mass is 10.1. The van der Waals surface area contributed by atoms with Crippen LogP contribution in [0.25, 0.3) is 0 Å².